The molecule has 4 aromatic rings. The molecular formula is C31H32N2O4. The van der Waals surface area contributed by atoms with Crippen molar-refractivity contribution < 1.29 is 13.9 Å². The van der Waals surface area contributed by atoms with Gasteiger partial charge >= 0.3 is 0 Å². The van der Waals surface area contributed by atoms with E-state index in [0.29, 0.717) is 35.4 Å². The summed E-state index contributed by atoms with van der Waals surface area (Å²) in [6.07, 6.45) is 0.777. The fourth-order valence-electron chi connectivity index (χ4n) is 4.93. The molecule has 0 spiro atoms. The molecule has 0 bridgehead atoms. The maximum atomic E-state index is 13.9. The minimum atomic E-state index is -0.535. The predicted molar refractivity (Wildman–Crippen MR) is 145 cm³/mol. The summed E-state index contributed by atoms with van der Waals surface area (Å²) >= 11 is 0. The molecule has 37 heavy (non-hydrogen) atoms. The number of carbonyl (C=O) groups is 1. The average molecular weight is 497 g/mol. The lowest BCUT2D eigenvalue weighted by molar-refractivity contribution is 0.0722. The van der Waals surface area contributed by atoms with Crippen molar-refractivity contribution in [3.05, 3.63) is 111 Å². The van der Waals surface area contributed by atoms with Gasteiger partial charge in [0.1, 0.15) is 17.9 Å². The van der Waals surface area contributed by atoms with Crippen LogP contribution in [0.2, 0.25) is 0 Å². The van der Waals surface area contributed by atoms with Crippen LogP contribution in [0.5, 0.6) is 5.75 Å². The van der Waals surface area contributed by atoms with Crippen LogP contribution in [0.1, 0.15) is 50.8 Å². The van der Waals surface area contributed by atoms with Crippen LogP contribution in [0.4, 0.5) is 0 Å². The van der Waals surface area contributed by atoms with Gasteiger partial charge in [0.15, 0.2) is 5.43 Å². The number of aryl methyl sites for hydroxylation is 2. The van der Waals surface area contributed by atoms with Gasteiger partial charge in [0.05, 0.1) is 17.0 Å². The number of hydrogen-bond donors (Lipinski definition) is 0. The molecule has 1 unspecified atom stereocenters. The average Bonchev–Trinajstić information content (AvgIpc) is 3.16. The number of hydrogen-bond acceptors (Lipinski definition) is 5. The molecule has 190 valence electrons. The Morgan fingerprint density at radius 2 is 1.70 bits per heavy atom. The first-order valence-corrected chi connectivity index (χ1v) is 12.6. The molecule has 0 aliphatic carbocycles. The highest BCUT2D eigenvalue weighted by atomic mass is 16.5. The first kappa shape index (κ1) is 24.8. The van der Waals surface area contributed by atoms with Crippen LogP contribution in [0.25, 0.3) is 11.0 Å². The SMILES string of the molecule is Cc1cc2oc3c(c(=O)c2cc1C)C(c1cccc(OCc2ccccc2)c1)N(CCCN(C)C)C3=O. The van der Waals surface area contributed by atoms with Crippen LogP contribution in [0.3, 0.4) is 0 Å². The molecule has 0 fully saturated rings. The number of rotatable bonds is 8. The monoisotopic (exact) mass is 496 g/mol. The smallest absolute Gasteiger partial charge is 0.290 e. The van der Waals surface area contributed by atoms with E-state index in [0.717, 1.165) is 35.2 Å². The summed E-state index contributed by atoms with van der Waals surface area (Å²) in [5.74, 6) is 0.588. The number of benzene rings is 3. The van der Waals surface area contributed by atoms with E-state index >= 15 is 0 Å². The molecular weight excluding hydrogens is 464 g/mol. The van der Waals surface area contributed by atoms with Crippen LogP contribution >= 0.6 is 0 Å². The summed E-state index contributed by atoms with van der Waals surface area (Å²) < 4.78 is 12.2. The predicted octanol–water partition coefficient (Wildman–Crippen LogP) is 5.49. The van der Waals surface area contributed by atoms with E-state index in [4.69, 9.17) is 9.15 Å². The summed E-state index contributed by atoms with van der Waals surface area (Å²) in [7, 11) is 4.02. The Hall–Kier alpha value is -3.90. The zero-order valence-corrected chi connectivity index (χ0v) is 21.8. The van der Waals surface area contributed by atoms with Crippen molar-refractivity contribution in [1.29, 1.82) is 0 Å². The first-order chi connectivity index (χ1) is 17.8. The molecule has 3 aromatic carbocycles. The van der Waals surface area contributed by atoms with Gasteiger partial charge in [-0.2, -0.15) is 0 Å². The van der Waals surface area contributed by atoms with E-state index in [1.54, 1.807) is 4.90 Å². The highest BCUT2D eigenvalue weighted by molar-refractivity contribution is 5.99. The molecule has 1 atom stereocenters. The lowest BCUT2D eigenvalue weighted by Crippen LogP contribution is -2.32. The number of nitrogens with zero attached hydrogens (tertiary/aromatic N) is 2. The van der Waals surface area contributed by atoms with Gasteiger partial charge in [0.25, 0.3) is 5.91 Å². The quantitative estimate of drug-likeness (QED) is 0.323. The largest absolute Gasteiger partial charge is 0.489 e. The normalized spacial score (nSPS) is 15.0. The summed E-state index contributed by atoms with van der Waals surface area (Å²) in [4.78, 5) is 31.4. The fourth-order valence-corrected chi connectivity index (χ4v) is 4.93. The van der Waals surface area contributed by atoms with Gasteiger partial charge in [-0.1, -0.05) is 42.5 Å². The van der Waals surface area contributed by atoms with Crippen molar-refractivity contribution in [2.75, 3.05) is 27.2 Å². The van der Waals surface area contributed by atoms with Crippen molar-refractivity contribution in [3.8, 4) is 5.75 Å². The van der Waals surface area contributed by atoms with Gasteiger partial charge in [0, 0.05) is 6.54 Å². The second-order valence-electron chi connectivity index (χ2n) is 10.0. The highest BCUT2D eigenvalue weighted by Crippen LogP contribution is 2.39. The molecule has 0 radical (unpaired) electrons. The Morgan fingerprint density at radius 1 is 0.946 bits per heavy atom. The zero-order valence-electron chi connectivity index (χ0n) is 21.8. The molecule has 1 aromatic heterocycles. The lowest BCUT2D eigenvalue weighted by atomic mass is 9.97. The van der Waals surface area contributed by atoms with Crippen molar-refractivity contribution in [3.63, 3.8) is 0 Å². The standard InChI is InChI=1S/C31H32N2O4/c1-20-16-25-26(17-21(20)2)37-30-27(29(25)34)28(33(31(30)35)15-9-14-32(3)4)23-12-8-13-24(18-23)36-19-22-10-6-5-7-11-22/h5-8,10-13,16-18,28H,9,14-15,19H2,1-4H3. The van der Waals surface area contributed by atoms with Crippen molar-refractivity contribution in [2.45, 2.75) is 32.9 Å². The van der Waals surface area contributed by atoms with Crippen LogP contribution in [-0.2, 0) is 6.61 Å². The van der Waals surface area contributed by atoms with Gasteiger partial charge < -0.3 is 19.0 Å². The summed E-state index contributed by atoms with van der Waals surface area (Å²) in [6.45, 7) is 5.72. The van der Waals surface area contributed by atoms with Crippen LogP contribution < -0.4 is 10.2 Å². The van der Waals surface area contributed by atoms with E-state index in [9.17, 15) is 9.59 Å². The van der Waals surface area contributed by atoms with Crippen LogP contribution in [0.15, 0.2) is 75.9 Å². The first-order valence-electron chi connectivity index (χ1n) is 12.6. The Labute approximate surface area is 217 Å². The third-order valence-corrected chi connectivity index (χ3v) is 7.01. The Bertz CT molecular complexity index is 1510. The molecule has 5 rings (SSSR count). The van der Waals surface area contributed by atoms with Crippen molar-refractivity contribution in [2.24, 2.45) is 0 Å². The maximum absolute atomic E-state index is 13.9. The number of fused-ring (bicyclic) bond motifs is 2. The van der Waals surface area contributed by atoms with Crippen LogP contribution in [-0.4, -0.2) is 42.9 Å². The Kier molecular flexibility index (Phi) is 6.85. The summed E-state index contributed by atoms with van der Waals surface area (Å²) in [6, 6.07) is 20.8. The number of amides is 1. The minimum Gasteiger partial charge on any atom is -0.489 e. The molecule has 1 amide bonds. The van der Waals surface area contributed by atoms with E-state index in [-0.39, 0.29) is 17.1 Å². The third kappa shape index (κ3) is 4.89. The maximum Gasteiger partial charge on any atom is 0.290 e. The van der Waals surface area contributed by atoms with E-state index < -0.39 is 6.04 Å². The second-order valence-corrected chi connectivity index (χ2v) is 10.0. The van der Waals surface area contributed by atoms with Crippen LogP contribution in [0, 0.1) is 13.8 Å². The summed E-state index contributed by atoms with van der Waals surface area (Å²) in [5, 5.41) is 0.506. The van der Waals surface area contributed by atoms with Crippen molar-refractivity contribution in [1.82, 2.24) is 9.80 Å². The van der Waals surface area contributed by atoms with E-state index in [2.05, 4.69) is 4.90 Å². The second kappa shape index (κ2) is 10.2. The van der Waals surface area contributed by atoms with Crippen molar-refractivity contribution >= 4 is 16.9 Å². The molecule has 2 heterocycles. The Morgan fingerprint density at radius 3 is 2.46 bits per heavy atom. The van der Waals surface area contributed by atoms with Gasteiger partial charge in [0.2, 0.25) is 5.76 Å². The molecule has 0 saturated heterocycles. The highest BCUT2D eigenvalue weighted by Gasteiger charge is 2.42. The molecule has 0 saturated carbocycles. The Balaban J connectivity index is 1.57. The van der Waals surface area contributed by atoms with Gasteiger partial charge in [-0.3, -0.25) is 9.59 Å². The number of ether oxygens (including phenoxy) is 1. The molecule has 0 N–H and O–H groups in total. The lowest BCUT2D eigenvalue weighted by Gasteiger charge is -2.26. The molecule has 1 aliphatic heterocycles. The number of carbonyl (C=O) groups excluding carboxylic acids is 1. The molecule has 6 nitrogen and oxygen atoms in total. The van der Waals surface area contributed by atoms with E-state index in [1.807, 2.05) is 94.7 Å². The molecule has 6 heteroatoms. The fraction of sp³-hybridized carbons (Fsp3) is 0.290. The topological polar surface area (TPSA) is 63.0 Å². The third-order valence-electron chi connectivity index (χ3n) is 7.01. The van der Waals surface area contributed by atoms with E-state index in [1.165, 1.54) is 0 Å². The van der Waals surface area contributed by atoms with Gasteiger partial charge in [-0.15, -0.1) is 0 Å². The minimum absolute atomic E-state index is 0.145. The van der Waals surface area contributed by atoms with Gasteiger partial charge in [-0.05, 0) is 87.4 Å². The molecule has 1 aliphatic rings. The van der Waals surface area contributed by atoms with Gasteiger partial charge in [-0.25, -0.2) is 0 Å². The summed E-state index contributed by atoms with van der Waals surface area (Å²) in [5.41, 5.74) is 4.64. The zero-order chi connectivity index (χ0) is 26.1.